The predicted octanol–water partition coefficient (Wildman–Crippen LogP) is 3.70. The minimum absolute atomic E-state index is 0.0498. The minimum atomic E-state index is -3.95. The fourth-order valence-electron chi connectivity index (χ4n) is 1.21. The van der Waals surface area contributed by atoms with Gasteiger partial charge in [0.05, 0.1) is 22.1 Å². The van der Waals surface area contributed by atoms with E-state index in [-0.39, 0.29) is 10.9 Å². The third-order valence-electron chi connectivity index (χ3n) is 2.20. The largest absolute Gasteiger partial charge is 0.478 e. The van der Waals surface area contributed by atoms with Crippen LogP contribution in [-0.4, -0.2) is 22.3 Å². The van der Waals surface area contributed by atoms with Crippen LogP contribution < -0.4 is 5.30 Å². The number of benzene rings is 1. The summed E-state index contributed by atoms with van der Waals surface area (Å²) in [4.78, 5) is 21.1. The van der Waals surface area contributed by atoms with Gasteiger partial charge >= 0.3 is 13.6 Å². The molecule has 0 unspecified atom stereocenters. The molecule has 0 aliphatic carbocycles. The van der Waals surface area contributed by atoms with E-state index in [0.29, 0.717) is 0 Å². The summed E-state index contributed by atoms with van der Waals surface area (Å²) in [7, 11) is -3.95. The molecule has 0 saturated carbocycles. The van der Waals surface area contributed by atoms with Crippen molar-refractivity contribution in [3.8, 4) is 0 Å². The molecule has 0 heterocycles. The van der Waals surface area contributed by atoms with Crippen molar-refractivity contribution in [1.82, 2.24) is 0 Å². The van der Waals surface area contributed by atoms with E-state index in [1.165, 1.54) is 24.3 Å². The molecule has 7 nitrogen and oxygen atoms in total. The Kier molecular flexibility index (Phi) is 6.12. The van der Waals surface area contributed by atoms with Gasteiger partial charge in [-0.2, -0.15) is 0 Å². The molecule has 0 aliphatic heterocycles. The summed E-state index contributed by atoms with van der Waals surface area (Å²) >= 11 is 0. The highest BCUT2D eigenvalue weighted by Crippen LogP contribution is 2.49. The predicted molar refractivity (Wildman–Crippen MR) is 84.5 cm³/mol. The highest BCUT2D eigenvalue weighted by atomic mass is 31.2. The van der Waals surface area contributed by atoms with E-state index in [0.717, 1.165) is 0 Å². The standard InChI is InChI=1S/C15H23O7P/c1-14(2,3)19-21-23(18,22-20-15(4,5)6)12-9-7-11(8-10-12)13(16)17/h7-10H,1-6H3,(H,16,17). The van der Waals surface area contributed by atoms with Crippen molar-refractivity contribution in [3.63, 3.8) is 0 Å². The third-order valence-corrected chi connectivity index (χ3v) is 3.67. The van der Waals surface area contributed by atoms with Gasteiger partial charge in [0.15, 0.2) is 0 Å². The van der Waals surface area contributed by atoms with Gasteiger partial charge in [0.2, 0.25) is 0 Å². The normalized spacial score (nSPS) is 13.1. The summed E-state index contributed by atoms with van der Waals surface area (Å²) in [5, 5.41) is 9.04. The Bertz CT molecular complexity index is 559. The van der Waals surface area contributed by atoms with E-state index in [4.69, 9.17) is 24.2 Å². The van der Waals surface area contributed by atoms with E-state index in [2.05, 4.69) is 0 Å². The second kappa shape index (κ2) is 7.11. The molecule has 1 aromatic rings. The van der Waals surface area contributed by atoms with Crippen molar-refractivity contribution in [1.29, 1.82) is 0 Å². The maximum absolute atomic E-state index is 12.9. The van der Waals surface area contributed by atoms with Crippen LogP contribution in [0.25, 0.3) is 0 Å². The highest BCUT2D eigenvalue weighted by Gasteiger charge is 2.35. The first-order valence-electron chi connectivity index (χ1n) is 7.01. The van der Waals surface area contributed by atoms with Crippen molar-refractivity contribution in [2.45, 2.75) is 52.7 Å². The Labute approximate surface area is 135 Å². The molecular formula is C15H23O7P. The molecule has 0 aliphatic rings. The van der Waals surface area contributed by atoms with Gasteiger partial charge in [0.1, 0.15) is 0 Å². The Morgan fingerprint density at radius 2 is 1.30 bits per heavy atom. The molecule has 23 heavy (non-hydrogen) atoms. The van der Waals surface area contributed by atoms with Crippen LogP contribution in [0.4, 0.5) is 0 Å². The average Bonchev–Trinajstić information content (AvgIpc) is 2.41. The van der Waals surface area contributed by atoms with Crippen molar-refractivity contribution in [2.75, 3.05) is 0 Å². The second-order valence-corrected chi connectivity index (χ2v) is 8.70. The molecule has 8 heteroatoms. The van der Waals surface area contributed by atoms with E-state index in [1.54, 1.807) is 41.5 Å². The molecule has 130 valence electrons. The molecular weight excluding hydrogens is 323 g/mol. The molecule has 1 aromatic carbocycles. The molecule has 1 N–H and O–H groups in total. The van der Waals surface area contributed by atoms with E-state index >= 15 is 0 Å². The zero-order chi connectivity index (χ0) is 17.9. The lowest BCUT2D eigenvalue weighted by atomic mass is 10.2. The third kappa shape index (κ3) is 6.81. The van der Waals surface area contributed by atoms with Crippen LogP contribution in [-0.2, 0) is 23.7 Å². The van der Waals surface area contributed by atoms with Gasteiger partial charge in [-0.25, -0.2) is 19.1 Å². The van der Waals surface area contributed by atoms with Gasteiger partial charge < -0.3 is 5.11 Å². The van der Waals surface area contributed by atoms with Crippen LogP contribution in [0.3, 0.4) is 0 Å². The fraction of sp³-hybridized carbons (Fsp3) is 0.533. The molecule has 0 amide bonds. The zero-order valence-corrected chi connectivity index (χ0v) is 15.0. The second-order valence-electron chi connectivity index (χ2n) is 6.89. The maximum atomic E-state index is 12.9. The summed E-state index contributed by atoms with van der Waals surface area (Å²) in [6.45, 7) is 10.3. The van der Waals surface area contributed by atoms with E-state index in [1.807, 2.05) is 0 Å². The zero-order valence-electron chi connectivity index (χ0n) is 14.2. The first kappa shape index (κ1) is 19.8. The van der Waals surface area contributed by atoms with Crippen LogP contribution in [0.1, 0.15) is 51.9 Å². The topological polar surface area (TPSA) is 91.3 Å². The number of aromatic carboxylic acids is 1. The number of carbonyl (C=O) groups is 1. The monoisotopic (exact) mass is 346 g/mol. The van der Waals surface area contributed by atoms with Crippen LogP contribution in [0, 0.1) is 0 Å². The quantitative estimate of drug-likeness (QED) is 0.477. The van der Waals surface area contributed by atoms with Crippen LogP contribution in [0.15, 0.2) is 24.3 Å². The first-order valence-corrected chi connectivity index (χ1v) is 8.55. The lowest BCUT2D eigenvalue weighted by Crippen LogP contribution is -2.24. The van der Waals surface area contributed by atoms with Crippen molar-refractivity contribution < 1.29 is 33.6 Å². The lowest BCUT2D eigenvalue weighted by Gasteiger charge is -2.25. The molecule has 0 aromatic heterocycles. The molecule has 0 atom stereocenters. The number of hydrogen-bond acceptors (Lipinski definition) is 6. The van der Waals surface area contributed by atoms with Gasteiger partial charge in [-0.3, -0.25) is 0 Å². The Morgan fingerprint density at radius 3 is 1.61 bits per heavy atom. The van der Waals surface area contributed by atoms with E-state index < -0.39 is 24.8 Å². The summed E-state index contributed by atoms with van der Waals surface area (Å²) in [5.74, 6) is -1.09. The molecule has 0 fully saturated rings. The Balaban J connectivity index is 3.06. The highest BCUT2D eigenvalue weighted by molar-refractivity contribution is 7.62. The van der Waals surface area contributed by atoms with Crippen molar-refractivity contribution >= 4 is 18.9 Å². The van der Waals surface area contributed by atoms with Gasteiger partial charge in [-0.1, -0.05) is 0 Å². The minimum Gasteiger partial charge on any atom is -0.478 e. The van der Waals surface area contributed by atoms with Gasteiger partial charge in [-0.05, 0) is 65.8 Å². The lowest BCUT2D eigenvalue weighted by molar-refractivity contribution is -0.324. The number of carboxylic acids is 1. The molecule has 0 bridgehead atoms. The summed E-state index contributed by atoms with van der Waals surface area (Å²) in [5.41, 5.74) is -1.39. The summed E-state index contributed by atoms with van der Waals surface area (Å²) in [6, 6.07) is 5.26. The van der Waals surface area contributed by atoms with Gasteiger partial charge in [-0.15, -0.1) is 9.35 Å². The van der Waals surface area contributed by atoms with Crippen LogP contribution in [0.5, 0.6) is 0 Å². The van der Waals surface area contributed by atoms with Crippen LogP contribution in [0.2, 0.25) is 0 Å². The summed E-state index contributed by atoms with van der Waals surface area (Å²) < 4.78 is 23.0. The fourth-order valence-corrected chi connectivity index (χ4v) is 2.56. The summed E-state index contributed by atoms with van der Waals surface area (Å²) in [6.07, 6.45) is 0. The molecule has 0 radical (unpaired) electrons. The Morgan fingerprint density at radius 1 is 0.913 bits per heavy atom. The smallest absolute Gasteiger partial charge is 0.414 e. The maximum Gasteiger partial charge on any atom is 0.414 e. The van der Waals surface area contributed by atoms with Gasteiger partial charge in [0, 0.05) is 0 Å². The van der Waals surface area contributed by atoms with Crippen molar-refractivity contribution in [3.05, 3.63) is 29.8 Å². The SMILES string of the molecule is CC(C)(C)OOP(=O)(OOC(C)(C)C)c1ccc(C(=O)O)cc1. The number of carboxylic acid groups (broad SMARTS) is 1. The van der Waals surface area contributed by atoms with Gasteiger partial charge in [0.25, 0.3) is 0 Å². The van der Waals surface area contributed by atoms with E-state index in [9.17, 15) is 9.36 Å². The molecule has 0 spiro atoms. The van der Waals surface area contributed by atoms with Crippen LogP contribution >= 0.6 is 7.60 Å². The molecule has 1 rings (SSSR count). The number of hydrogen-bond donors (Lipinski definition) is 1. The Hall–Kier alpha value is -1.24. The average molecular weight is 346 g/mol. The van der Waals surface area contributed by atoms with Crippen molar-refractivity contribution in [2.24, 2.45) is 0 Å². The number of rotatable bonds is 6. The molecule has 0 saturated heterocycles. The first-order chi connectivity index (χ1) is 10.3.